The Morgan fingerprint density at radius 1 is 1.20 bits per heavy atom. The van der Waals surface area contributed by atoms with Crippen LogP contribution < -0.4 is 9.80 Å². The standard InChI is InChI=1S/C15H17N9O/c1-21-2-3-23(15(21)25)10-4-20-24(7-10)11-5-22(6-11)14-12-13(17-8-16-12)18-9-19-14/h4,7-9,11H,2-3,5-6H2,1H3,(H,16,17,18,19). The van der Waals surface area contributed by atoms with E-state index >= 15 is 0 Å². The Kier molecular flexibility index (Phi) is 2.93. The SMILES string of the molecule is CN1CCN(c2cnn(C3CN(c4ncnc5nc[nH]c45)C3)c2)C1=O. The van der Waals surface area contributed by atoms with Gasteiger partial charge in [0.15, 0.2) is 11.5 Å². The lowest BCUT2D eigenvalue weighted by atomic mass is 10.1. The van der Waals surface area contributed by atoms with E-state index in [-0.39, 0.29) is 12.1 Å². The van der Waals surface area contributed by atoms with E-state index < -0.39 is 0 Å². The van der Waals surface area contributed by atoms with Crippen molar-refractivity contribution in [2.75, 3.05) is 43.0 Å². The fraction of sp³-hybridized carbons (Fsp3) is 0.400. The normalized spacial score (nSPS) is 18.4. The average molecular weight is 339 g/mol. The molecule has 0 aliphatic carbocycles. The molecule has 5 rings (SSSR count). The molecule has 1 N–H and O–H groups in total. The molecule has 128 valence electrons. The van der Waals surface area contributed by atoms with Crippen LogP contribution in [0.4, 0.5) is 16.3 Å². The van der Waals surface area contributed by atoms with Crippen LogP contribution in [0.3, 0.4) is 0 Å². The highest BCUT2D eigenvalue weighted by molar-refractivity contribution is 5.93. The molecular weight excluding hydrogens is 322 g/mol. The number of H-pyrrole nitrogens is 1. The van der Waals surface area contributed by atoms with Crippen molar-refractivity contribution in [1.29, 1.82) is 0 Å². The van der Waals surface area contributed by atoms with Gasteiger partial charge in [-0.3, -0.25) is 9.58 Å². The Labute approximate surface area is 143 Å². The molecule has 10 heteroatoms. The first-order chi connectivity index (χ1) is 12.2. The lowest BCUT2D eigenvalue weighted by molar-refractivity contribution is 0.229. The number of aromatic nitrogens is 6. The van der Waals surface area contributed by atoms with Crippen LogP contribution in [0.2, 0.25) is 0 Å². The summed E-state index contributed by atoms with van der Waals surface area (Å²) in [5.41, 5.74) is 2.38. The Morgan fingerprint density at radius 2 is 2.08 bits per heavy atom. The molecule has 0 spiro atoms. The highest BCUT2D eigenvalue weighted by atomic mass is 16.2. The fourth-order valence-electron chi connectivity index (χ4n) is 3.34. The zero-order chi connectivity index (χ0) is 17.0. The molecule has 2 fully saturated rings. The van der Waals surface area contributed by atoms with Gasteiger partial charge in [-0.15, -0.1) is 0 Å². The molecule has 0 saturated carbocycles. The molecule has 2 aliphatic rings. The van der Waals surface area contributed by atoms with Gasteiger partial charge in [0.25, 0.3) is 0 Å². The zero-order valence-electron chi connectivity index (χ0n) is 13.7. The third kappa shape index (κ3) is 2.13. The maximum atomic E-state index is 12.1. The number of hydrogen-bond acceptors (Lipinski definition) is 6. The van der Waals surface area contributed by atoms with Crippen LogP contribution in [0.15, 0.2) is 25.0 Å². The molecule has 2 amide bonds. The Balaban J connectivity index is 1.31. The molecule has 25 heavy (non-hydrogen) atoms. The van der Waals surface area contributed by atoms with E-state index in [1.807, 2.05) is 17.9 Å². The highest BCUT2D eigenvalue weighted by Gasteiger charge is 2.33. The number of nitrogens with zero attached hydrogens (tertiary/aromatic N) is 8. The quantitative estimate of drug-likeness (QED) is 0.745. The molecule has 0 aromatic carbocycles. The number of amides is 2. The predicted molar refractivity (Wildman–Crippen MR) is 90.5 cm³/mol. The van der Waals surface area contributed by atoms with Gasteiger partial charge in [-0.25, -0.2) is 19.7 Å². The van der Waals surface area contributed by atoms with Crippen molar-refractivity contribution in [3.8, 4) is 0 Å². The summed E-state index contributed by atoms with van der Waals surface area (Å²) in [5.74, 6) is 0.863. The molecule has 0 unspecified atom stereocenters. The summed E-state index contributed by atoms with van der Waals surface area (Å²) in [4.78, 5) is 33.5. The van der Waals surface area contributed by atoms with Gasteiger partial charge in [-0.05, 0) is 0 Å². The second kappa shape index (κ2) is 5.16. The van der Waals surface area contributed by atoms with E-state index in [0.717, 1.165) is 36.7 Å². The first kappa shape index (κ1) is 14.2. The Hall–Kier alpha value is -3.17. The summed E-state index contributed by atoms with van der Waals surface area (Å²) in [6.07, 6.45) is 6.87. The number of anilines is 2. The third-order valence-corrected chi connectivity index (χ3v) is 4.85. The van der Waals surface area contributed by atoms with Gasteiger partial charge in [0.1, 0.15) is 11.8 Å². The molecule has 2 aliphatic heterocycles. The molecular formula is C15H17N9O. The number of hydrogen-bond donors (Lipinski definition) is 1. The summed E-state index contributed by atoms with van der Waals surface area (Å²) in [5, 5.41) is 4.45. The van der Waals surface area contributed by atoms with Crippen LogP contribution in [0, 0.1) is 0 Å². The van der Waals surface area contributed by atoms with Crippen molar-refractivity contribution >= 4 is 28.7 Å². The minimum Gasteiger partial charge on any atom is -0.350 e. The first-order valence-corrected chi connectivity index (χ1v) is 8.16. The van der Waals surface area contributed by atoms with Crippen molar-refractivity contribution in [3.05, 3.63) is 25.0 Å². The van der Waals surface area contributed by atoms with E-state index in [1.54, 1.807) is 22.3 Å². The number of aromatic amines is 1. The summed E-state index contributed by atoms with van der Waals surface area (Å²) >= 11 is 0. The minimum atomic E-state index is 0.0254. The van der Waals surface area contributed by atoms with Gasteiger partial charge in [-0.2, -0.15) is 5.10 Å². The van der Waals surface area contributed by atoms with Crippen molar-refractivity contribution in [3.63, 3.8) is 0 Å². The largest absolute Gasteiger partial charge is 0.350 e. The molecule has 10 nitrogen and oxygen atoms in total. The van der Waals surface area contributed by atoms with Gasteiger partial charge in [0.2, 0.25) is 0 Å². The van der Waals surface area contributed by atoms with E-state index in [1.165, 1.54) is 6.33 Å². The fourth-order valence-corrected chi connectivity index (χ4v) is 3.34. The van der Waals surface area contributed by atoms with E-state index in [2.05, 4.69) is 29.9 Å². The van der Waals surface area contributed by atoms with Gasteiger partial charge in [0.05, 0.1) is 24.3 Å². The van der Waals surface area contributed by atoms with Crippen LogP contribution in [-0.4, -0.2) is 73.9 Å². The van der Waals surface area contributed by atoms with E-state index in [0.29, 0.717) is 12.2 Å². The van der Waals surface area contributed by atoms with Crippen LogP contribution in [0.1, 0.15) is 6.04 Å². The Morgan fingerprint density at radius 3 is 2.88 bits per heavy atom. The lowest BCUT2D eigenvalue weighted by Gasteiger charge is -2.40. The third-order valence-electron chi connectivity index (χ3n) is 4.85. The highest BCUT2D eigenvalue weighted by Crippen LogP contribution is 2.30. The summed E-state index contributed by atoms with van der Waals surface area (Å²) in [6, 6.07) is 0.287. The zero-order valence-corrected chi connectivity index (χ0v) is 13.7. The van der Waals surface area contributed by atoms with Gasteiger partial charge in [0, 0.05) is 39.4 Å². The van der Waals surface area contributed by atoms with Crippen LogP contribution in [-0.2, 0) is 0 Å². The number of fused-ring (bicyclic) bond motifs is 1. The minimum absolute atomic E-state index is 0.0254. The van der Waals surface area contributed by atoms with Crippen molar-refractivity contribution in [1.82, 2.24) is 34.6 Å². The molecule has 2 saturated heterocycles. The molecule has 5 heterocycles. The second-order valence-electron chi connectivity index (χ2n) is 6.39. The maximum Gasteiger partial charge on any atom is 0.324 e. The van der Waals surface area contributed by atoms with Crippen LogP contribution in [0.25, 0.3) is 11.2 Å². The number of carbonyl (C=O) groups is 1. The average Bonchev–Trinajstić information content (AvgIpc) is 3.28. The van der Waals surface area contributed by atoms with E-state index in [4.69, 9.17) is 0 Å². The number of rotatable bonds is 3. The molecule has 3 aromatic rings. The van der Waals surface area contributed by atoms with E-state index in [9.17, 15) is 4.79 Å². The van der Waals surface area contributed by atoms with Crippen molar-refractivity contribution in [2.24, 2.45) is 0 Å². The number of imidazole rings is 1. The first-order valence-electron chi connectivity index (χ1n) is 8.16. The smallest absolute Gasteiger partial charge is 0.324 e. The molecule has 3 aromatic heterocycles. The van der Waals surface area contributed by atoms with Crippen molar-refractivity contribution in [2.45, 2.75) is 6.04 Å². The second-order valence-corrected chi connectivity index (χ2v) is 6.39. The Bertz CT molecular complexity index is 941. The summed E-state index contributed by atoms with van der Waals surface area (Å²) in [7, 11) is 1.81. The molecule has 0 atom stereocenters. The van der Waals surface area contributed by atoms with Gasteiger partial charge >= 0.3 is 6.03 Å². The van der Waals surface area contributed by atoms with Crippen LogP contribution in [0.5, 0.6) is 0 Å². The van der Waals surface area contributed by atoms with Crippen LogP contribution >= 0.6 is 0 Å². The number of carbonyl (C=O) groups excluding carboxylic acids is 1. The number of nitrogens with one attached hydrogen (secondary N) is 1. The maximum absolute atomic E-state index is 12.1. The monoisotopic (exact) mass is 339 g/mol. The van der Waals surface area contributed by atoms with Gasteiger partial charge < -0.3 is 14.8 Å². The number of likely N-dealkylation sites (N-methyl/N-ethyl adjacent to an activating group) is 1. The predicted octanol–water partition coefficient (Wildman–Crippen LogP) is 0.482. The lowest BCUT2D eigenvalue weighted by Crippen LogP contribution is -2.48. The number of urea groups is 1. The van der Waals surface area contributed by atoms with Gasteiger partial charge in [-0.1, -0.05) is 0 Å². The summed E-state index contributed by atoms with van der Waals surface area (Å²) in [6.45, 7) is 3.06. The molecule has 0 bridgehead atoms. The topological polar surface area (TPSA) is 99.1 Å². The van der Waals surface area contributed by atoms with Crippen molar-refractivity contribution < 1.29 is 4.79 Å². The molecule has 0 radical (unpaired) electrons. The summed E-state index contributed by atoms with van der Waals surface area (Å²) < 4.78 is 1.93.